The van der Waals surface area contributed by atoms with Crippen LogP contribution in [-0.4, -0.2) is 25.3 Å². The predicted molar refractivity (Wildman–Crippen MR) is 89.8 cm³/mol. The van der Waals surface area contributed by atoms with Gasteiger partial charge in [-0.1, -0.05) is 37.6 Å². The van der Waals surface area contributed by atoms with Crippen LogP contribution in [0.4, 0.5) is 0 Å². The molecule has 1 aromatic carbocycles. The van der Waals surface area contributed by atoms with Crippen LogP contribution in [-0.2, 0) is 11.2 Å². The van der Waals surface area contributed by atoms with Crippen LogP contribution < -0.4 is 5.32 Å². The Labute approximate surface area is 130 Å². The highest BCUT2D eigenvalue weighted by Gasteiger charge is 2.33. The number of benzene rings is 1. The lowest BCUT2D eigenvalue weighted by Crippen LogP contribution is -2.42. The Morgan fingerprint density at radius 3 is 2.81 bits per heavy atom. The molecule has 1 aliphatic heterocycles. The van der Waals surface area contributed by atoms with Crippen LogP contribution in [0.3, 0.4) is 0 Å². The minimum Gasteiger partial charge on any atom is -0.378 e. The zero-order chi connectivity index (χ0) is 15.2. The first kappa shape index (κ1) is 16.5. The maximum Gasteiger partial charge on any atom is 0.0616 e. The second-order valence-electron chi connectivity index (χ2n) is 6.46. The van der Waals surface area contributed by atoms with Crippen molar-refractivity contribution in [1.82, 2.24) is 5.32 Å². The van der Waals surface area contributed by atoms with E-state index in [4.69, 9.17) is 4.74 Å². The van der Waals surface area contributed by atoms with Gasteiger partial charge >= 0.3 is 0 Å². The fourth-order valence-corrected chi connectivity index (χ4v) is 3.51. The van der Waals surface area contributed by atoms with Crippen LogP contribution in [0.2, 0.25) is 0 Å². The molecule has 1 fully saturated rings. The molecule has 1 N–H and O–H groups in total. The molecule has 2 heteroatoms. The maximum atomic E-state index is 5.93. The Kier molecular flexibility index (Phi) is 6.25. The molecule has 21 heavy (non-hydrogen) atoms. The Morgan fingerprint density at radius 1 is 1.29 bits per heavy atom. The second kappa shape index (κ2) is 7.95. The third-order valence-electron chi connectivity index (χ3n) is 4.78. The van der Waals surface area contributed by atoms with Gasteiger partial charge < -0.3 is 10.1 Å². The van der Waals surface area contributed by atoms with Crippen LogP contribution >= 0.6 is 0 Å². The number of aryl methyl sites for hydroxylation is 2. The summed E-state index contributed by atoms with van der Waals surface area (Å²) in [7, 11) is 0. The average Bonchev–Trinajstić information content (AvgIpc) is 2.95. The van der Waals surface area contributed by atoms with Crippen molar-refractivity contribution < 1.29 is 4.74 Å². The number of nitrogens with one attached hydrogen (secondary N) is 1. The largest absolute Gasteiger partial charge is 0.378 e. The van der Waals surface area contributed by atoms with Gasteiger partial charge in [0.2, 0.25) is 0 Å². The van der Waals surface area contributed by atoms with Crippen molar-refractivity contribution in [2.75, 3.05) is 13.2 Å². The standard InChI is InChI=1S/C19H31NO/c1-5-10-20-18(17-9-11-21-19(17)6-2)13-16-12-14(3)7-8-15(16)4/h7-8,12,17-20H,5-6,9-11,13H2,1-4H3. The number of hydrogen-bond acceptors (Lipinski definition) is 2. The van der Waals surface area contributed by atoms with Crippen molar-refractivity contribution in [3.63, 3.8) is 0 Å². The zero-order valence-corrected chi connectivity index (χ0v) is 14.1. The van der Waals surface area contributed by atoms with Crippen LogP contribution in [0.25, 0.3) is 0 Å². The summed E-state index contributed by atoms with van der Waals surface area (Å²) >= 11 is 0. The minimum atomic E-state index is 0.435. The highest BCUT2D eigenvalue weighted by molar-refractivity contribution is 5.31. The van der Waals surface area contributed by atoms with E-state index >= 15 is 0 Å². The van der Waals surface area contributed by atoms with Crippen LogP contribution in [0.5, 0.6) is 0 Å². The van der Waals surface area contributed by atoms with Crippen molar-refractivity contribution in [3.05, 3.63) is 34.9 Å². The molecular formula is C19H31NO. The quantitative estimate of drug-likeness (QED) is 0.818. The van der Waals surface area contributed by atoms with Gasteiger partial charge in [0.25, 0.3) is 0 Å². The molecule has 2 rings (SSSR count). The van der Waals surface area contributed by atoms with E-state index in [0.717, 1.165) is 26.0 Å². The van der Waals surface area contributed by atoms with E-state index in [1.54, 1.807) is 0 Å². The highest BCUT2D eigenvalue weighted by Crippen LogP contribution is 2.29. The van der Waals surface area contributed by atoms with Gasteiger partial charge in [0, 0.05) is 18.6 Å². The van der Waals surface area contributed by atoms with E-state index in [2.05, 4.69) is 51.2 Å². The third-order valence-corrected chi connectivity index (χ3v) is 4.78. The molecule has 1 aromatic rings. The lowest BCUT2D eigenvalue weighted by atomic mass is 9.86. The van der Waals surface area contributed by atoms with Gasteiger partial charge in [0.05, 0.1) is 6.10 Å². The number of rotatable bonds is 7. The molecule has 0 radical (unpaired) electrons. The molecule has 2 nitrogen and oxygen atoms in total. The normalized spacial score (nSPS) is 23.4. The van der Waals surface area contributed by atoms with Crippen LogP contribution in [0.1, 0.15) is 49.8 Å². The average molecular weight is 289 g/mol. The first-order valence-electron chi connectivity index (χ1n) is 8.56. The summed E-state index contributed by atoms with van der Waals surface area (Å²) in [5, 5.41) is 3.79. The van der Waals surface area contributed by atoms with Gasteiger partial charge in [0.1, 0.15) is 0 Å². The maximum absolute atomic E-state index is 5.93. The van der Waals surface area contributed by atoms with Crippen molar-refractivity contribution >= 4 is 0 Å². The lowest BCUT2D eigenvalue weighted by molar-refractivity contribution is 0.0774. The third kappa shape index (κ3) is 4.31. The molecule has 0 saturated carbocycles. The summed E-state index contributed by atoms with van der Waals surface area (Å²) in [6, 6.07) is 7.36. The van der Waals surface area contributed by atoms with Gasteiger partial charge in [0.15, 0.2) is 0 Å². The first-order valence-corrected chi connectivity index (χ1v) is 8.56. The second-order valence-corrected chi connectivity index (χ2v) is 6.46. The minimum absolute atomic E-state index is 0.435. The number of ether oxygens (including phenoxy) is 1. The fourth-order valence-electron chi connectivity index (χ4n) is 3.51. The molecule has 1 saturated heterocycles. The first-order chi connectivity index (χ1) is 10.2. The summed E-state index contributed by atoms with van der Waals surface area (Å²) in [5.74, 6) is 0.654. The van der Waals surface area contributed by atoms with Gasteiger partial charge in [-0.2, -0.15) is 0 Å². The summed E-state index contributed by atoms with van der Waals surface area (Å²) in [6.07, 6.45) is 5.07. The molecule has 0 amide bonds. The Balaban J connectivity index is 2.13. The van der Waals surface area contributed by atoms with Crippen molar-refractivity contribution in [3.8, 4) is 0 Å². The van der Waals surface area contributed by atoms with E-state index < -0.39 is 0 Å². The SMILES string of the molecule is CCCNC(Cc1cc(C)ccc1C)C1CCOC1CC. The smallest absolute Gasteiger partial charge is 0.0616 e. The molecule has 0 aromatic heterocycles. The van der Waals surface area contributed by atoms with E-state index in [1.807, 2.05) is 0 Å². The number of hydrogen-bond donors (Lipinski definition) is 1. The summed E-state index contributed by atoms with van der Waals surface area (Å²) in [4.78, 5) is 0. The molecule has 0 aliphatic carbocycles. The topological polar surface area (TPSA) is 21.3 Å². The van der Waals surface area contributed by atoms with Crippen LogP contribution in [0.15, 0.2) is 18.2 Å². The molecule has 1 heterocycles. The van der Waals surface area contributed by atoms with E-state index in [-0.39, 0.29) is 0 Å². The molecular weight excluding hydrogens is 258 g/mol. The monoisotopic (exact) mass is 289 g/mol. The summed E-state index contributed by atoms with van der Waals surface area (Å²) in [5.41, 5.74) is 4.26. The molecule has 118 valence electrons. The molecule has 0 spiro atoms. The van der Waals surface area contributed by atoms with E-state index in [0.29, 0.717) is 18.1 Å². The van der Waals surface area contributed by atoms with Crippen molar-refractivity contribution in [2.24, 2.45) is 5.92 Å². The van der Waals surface area contributed by atoms with Crippen LogP contribution in [0, 0.1) is 19.8 Å². The fraction of sp³-hybridized carbons (Fsp3) is 0.684. The summed E-state index contributed by atoms with van der Waals surface area (Å²) in [6.45, 7) is 10.9. The Bertz CT molecular complexity index is 443. The molecule has 3 atom stereocenters. The zero-order valence-electron chi connectivity index (χ0n) is 14.1. The summed E-state index contributed by atoms with van der Waals surface area (Å²) < 4.78 is 5.93. The Hall–Kier alpha value is -0.860. The molecule has 0 bridgehead atoms. The van der Waals surface area contributed by atoms with Gasteiger partial charge in [-0.05, 0) is 57.2 Å². The van der Waals surface area contributed by atoms with Gasteiger partial charge in [-0.15, -0.1) is 0 Å². The van der Waals surface area contributed by atoms with Crippen molar-refractivity contribution in [2.45, 2.75) is 65.5 Å². The Morgan fingerprint density at radius 2 is 2.10 bits per heavy atom. The molecule has 1 aliphatic rings. The van der Waals surface area contributed by atoms with Crippen molar-refractivity contribution in [1.29, 1.82) is 0 Å². The predicted octanol–water partition coefficient (Wildman–Crippen LogP) is 4.03. The molecule has 3 unspecified atom stereocenters. The van der Waals surface area contributed by atoms with Gasteiger partial charge in [-0.3, -0.25) is 0 Å². The highest BCUT2D eigenvalue weighted by atomic mass is 16.5. The van der Waals surface area contributed by atoms with E-state index in [9.17, 15) is 0 Å². The van der Waals surface area contributed by atoms with E-state index in [1.165, 1.54) is 29.5 Å². The van der Waals surface area contributed by atoms with Gasteiger partial charge in [-0.25, -0.2) is 0 Å². The lowest BCUT2D eigenvalue weighted by Gasteiger charge is -2.29.